The van der Waals surface area contributed by atoms with Crippen LogP contribution in [0.2, 0.25) is 0 Å². The Morgan fingerprint density at radius 1 is 0.800 bits per heavy atom. The third-order valence-electron chi connectivity index (χ3n) is 3.01. The molecule has 0 saturated heterocycles. The maximum absolute atomic E-state index is 3.99. The lowest BCUT2D eigenvalue weighted by Gasteiger charge is -2.06. The molecule has 1 aliphatic rings. The lowest BCUT2D eigenvalue weighted by molar-refractivity contribution is 0.826. The van der Waals surface area contributed by atoms with Crippen molar-refractivity contribution in [3.05, 3.63) is 47.8 Å². The third kappa shape index (κ3) is 1.42. The van der Waals surface area contributed by atoms with Gasteiger partial charge in [0.2, 0.25) is 0 Å². The van der Waals surface area contributed by atoms with Gasteiger partial charge in [0.05, 0.1) is 12.4 Å². The molecule has 0 spiro atoms. The van der Waals surface area contributed by atoms with Gasteiger partial charge in [0.25, 0.3) is 0 Å². The average molecular weight is 196 g/mol. The van der Waals surface area contributed by atoms with Gasteiger partial charge >= 0.3 is 0 Å². The van der Waals surface area contributed by atoms with Crippen molar-refractivity contribution in [1.82, 2.24) is 10.2 Å². The van der Waals surface area contributed by atoms with Gasteiger partial charge in [-0.1, -0.05) is 24.3 Å². The molecule has 0 fully saturated rings. The van der Waals surface area contributed by atoms with Gasteiger partial charge in [0, 0.05) is 5.56 Å². The van der Waals surface area contributed by atoms with E-state index in [1.54, 1.807) is 0 Å². The fourth-order valence-electron chi connectivity index (χ4n) is 2.26. The lowest BCUT2D eigenvalue weighted by atomic mass is 9.99. The number of hydrogen-bond acceptors (Lipinski definition) is 2. The zero-order valence-corrected chi connectivity index (χ0v) is 8.48. The molecule has 1 aromatic carbocycles. The van der Waals surface area contributed by atoms with E-state index < -0.39 is 0 Å². The summed E-state index contributed by atoms with van der Waals surface area (Å²) in [5, 5.41) is 7.95. The zero-order chi connectivity index (χ0) is 10.1. The number of fused-ring (bicyclic) bond motifs is 3. The van der Waals surface area contributed by atoms with Crippen LogP contribution < -0.4 is 0 Å². The van der Waals surface area contributed by atoms with E-state index in [0.717, 1.165) is 12.8 Å². The van der Waals surface area contributed by atoms with Crippen LogP contribution in [0.15, 0.2) is 36.7 Å². The summed E-state index contributed by atoms with van der Waals surface area (Å²) < 4.78 is 0. The van der Waals surface area contributed by atoms with Crippen LogP contribution in [-0.2, 0) is 12.8 Å². The Morgan fingerprint density at radius 2 is 1.60 bits per heavy atom. The van der Waals surface area contributed by atoms with Crippen molar-refractivity contribution in [2.45, 2.75) is 19.3 Å². The largest absolute Gasteiger partial charge is 0.159 e. The molecule has 2 heteroatoms. The van der Waals surface area contributed by atoms with Crippen LogP contribution in [0, 0.1) is 0 Å². The molecule has 1 aliphatic carbocycles. The Kier molecular flexibility index (Phi) is 1.98. The normalized spacial score (nSPS) is 13.9. The van der Waals surface area contributed by atoms with E-state index in [2.05, 4.69) is 34.5 Å². The summed E-state index contributed by atoms with van der Waals surface area (Å²) in [5.74, 6) is 0. The standard InChI is InChI=1S/C13H12N2/c1-2-7-12-10(4-1)5-3-6-11-8-14-15-9-13(11)12/h1-2,4,7-9H,3,5-6H2. The molecule has 2 nitrogen and oxygen atoms in total. The number of aryl methyl sites for hydroxylation is 2. The van der Waals surface area contributed by atoms with E-state index in [1.807, 2.05) is 12.4 Å². The zero-order valence-electron chi connectivity index (χ0n) is 8.48. The predicted molar refractivity (Wildman–Crippen MR) is 59.5 cm³/mol. The van der Waals surface area contributed by atoms with Gasteiger partial charge in [0.1, 0.15) is 0 Å². The van der Waals surface area contributed by atoms with E-state index in [0.29, 0.717) is 0 Å². The molecular weight excluding hydrogens is 184 g/mol. The quantitative estimate of drug-likeness (QED) is 0.647. The minimum Gasteiger partial charge on any atom is -0.159 e. The smallest absolute Gasteiger partial charge is 0.0577 e. The molecular formula is C13H12N2. The van der Waals surface area contributed by atoms with Crippen molar-refractivity contribution < 1.29 is 0 Å². The molecule has 3 rings (SSSR count). The van der Waals surface area contributed by atoms with Gasteiger partial charge in [0.15, 0.2) is 0 Å². The first-order valence-electron chi connectivity index (χ1n) is 5.33. The molecule has 0 aliphatic heterocycles. The van der Waals surface area contributed by atoms with Gasteiger partial charge in [-0.3, -0.25) is 0 Å². The van der Waals surface area contributed by atoms with Gasteiger partial charge in [-0.2, -0.15) is 10.2 Å². The molecule has 0 atom stereocenters. The van der Waals surface area contributed by atoms with E-state index >= 15 is 0 Å². The van der Waals surface area contributed by atoms with Crippen LogP contribution in [0.3, 0.4) is 0 Å². The molecule has 15 heavy (non-hydrogen) atoms. The van der Waals surface area contributed by atoms with Crippen molar-refractivity contribution >= 4 is 0 Å². The highest BCUT2D eigenvalue weighted by Gasteiger charge is 2.13. The molecule has 1 heterocycles. The molecule has 0 saturated carbocycles. The van der Waals surface area contributed by atoms with Gasteiger partial charge in [-0.15, -0.1) is 0 Å². The van der Waals surface area contributed by atoms with Crippen molar-refractivity contribution in [3.8, 4) is 11.1 Å². The molecule has 0 amide bonds. The van der Waals surface area contributed by atoms with Gasteiger partial charge in [-0.25, -0.2) is 0 Å². The molecule has 0 N–H and O–H groups in total. The second kappa shape index (κ2) is 3.46. The number of aromatic nitrogens is 2. The SMILES string of the molecule is c1ccc2c(c1)CCCc1cnncc1-2. The van der Waals surface area contributed by atoms with E-state index in [9.17, 15) is 0 Å². The van der Waals surface area contributed by atoms with Crippen LogP contribution in [0.4, 0.5) is 0 Å². The summed E-state index contributed by atoms with van der Waals surface area (Å²) in [7, 11) is 0. The maximum atomic E-state index is 3.99. The Balaban J connectivity index is 2.27. The van der Waals surface area contributed by atoms with Gasteiger partial charge in [-0.05, 0) is 36.0 Å². The Morgan fingerprint density at radius 3 is 2.60 bits per heavy atom. The minimum atomic E-state index is 1.11. The molecule has 0 radical (unpaired) electrons. The highest BCUT2D eigenvalue weighted by atomic mass is 15.1. The Bertz CT molecular complexity index is 446. The maximum Gasteiger partial charge on any atom is 0.0577 e. The molecule has 0 bridgehead atoms. The third-order valence-corrected chi connectivity index (χ3v) is 3.01. The van der Waals surface area contributed by atoms with Crippen LogP contribution in [0.1, 0.15) is 17.5 Å². The summed E-state index contributed by atoms with van der Waals surface area (Å²) in [4.78, 5) is 0. The second-order valence-corrected chi connectivity index (χ2v) is 3.94. The number of benzene rings is 1. The fraction of sp³-hybridized carbons (Fsp3) is 0.231. The molecule has 74 valence electrons. The van der Waals surface area contributed by atoms with Crippen LogP contribution in [0.25, 0.3) is 11.1 Å². The van der Waals surface area contributed by atoms with Gasteiger partial charge < -0.3 is 0 Å². The summed E-state index contributed by atoms with van der Waals surface area (Å²) in [6, 6.07) is 8.60. The summed E-state index contributed by atoms with van der Waals surface area (Å²) >= 11 is 0. The fourth-order valence-corrected chi connectivity index (χ4v) is 2.26. The number of nitrogens with zero attached hydrogens (tertiary/aromatic N) is 2. The van der Waals surface area contributed by atoms with Crippen LogP contribution >= 0.6 is 0 Å². The van der Waals surface area contributed by atoms with Crippen LogP contribution in [-0.4, -0.2) is 10.2 Å². The predicted octanol–water partition coefficient (Wildman–Crippen LogP) is 2.63. The Hall–Kier alpha value is -1.70. The number of hydrogen-bond donors (Lipinski definition) is 0. The highest BCUT2D eigenvalue weighted by Crippen LogP contribution is 2.30. The van der Waals surface area contributed by atoms with Crippen molar-refractivity contribution in [2.24, 2.45) is 0 Å². The Labute approximate surface area is 89.0 Å². The summed E-state index contributed by atoms with van der Waals surface area (Å²) in [6.07, 6.45) is 7.26. The summed E-state index contributed by atoms with van der Waals surface area (Å²) in [5.41, 5.74) is 5.36. The first kappa shape index (κ1) is 8.60. The topological polar surface area (TPSA) is 25.8 Å². The van der Waals surface area contributed by atoms with E-state index in [4.69, 9.17) is 0 Å². The molecule has 0 unspecified atom stereocenters. The molecule has 1 aromatic heterocycles. The minimum absolute atomic E-state index is 1.11. The lowest BCUT2D eigenvalue weighted by Crippen LogP contribution is -1.91. The van der Waals surface area contributed by atoms with E-state index in [-0.39, 0.29) is 0 Å². The molecule has 2 aromatic rings. The van der Waals surface area contributed by atoms with Crippen molar-refractivity contribution in [3.63, 3.8) is 0 Å². The first-order valence-corrected chi connectivity index (χ1v) is 5.33. The van der Waals surface area contributed by atoms with Crippen molar-refractivity contribution in [1.29, 1.82) is 0 Å². The number of rotatable bonds is 0. The summed E-state index contributed by atoms with van der Waals surface area (Å²) in [6.45, 7) is 0. The highest BCUT2D eigenvalue weighted by molar-refractivity contribution is 5.70. The van der Waals surface area contributed by atoms with E-state index in [1.165, 1.54) is 28.7 Å². The van der Waals surface area contributed by atoms with Crippen molar-refractivity contribution in [2.75, 3.05) is 0 Å². The second-order valence-electron chi connectivity index (χ2n) is 3.94. The monoisotopic (exact) mass is 196 g/mol. The average Bonchev–Trinajstić information content (AvgIpc) is 2.48. The van der Waals surface area contributed by atoms with Crippen LogP contribution in [0.5, 0.6) is 0 Å². The first-order chi connectivity index (χ1) is 7.45.